The summed E-state index contributed by atoms with van der Waals surface area (Å²) in [5.41, 5.74) is 3.71. The van der Waals surface area contributed by atoms with Crippen molar-refractivity contribution in [2.24, 2.45) is 0 Å². The van der Waals surface area contributed by atoms with Gasteiger partial charge in [-0.15, -0.1) is 0 Å². The van der Waals surface area contributed by atoms with Gasteiger partial charge >= 0.3 is 5.97 Å². The highest BCUT2D eigenvalue weighted by Crippen LogP contribution is 2.30. The monoisotopic (exact) mass is 461 g/mol. The normalized spacial score (nSPS) is 11.0. The van der Waals surface area contributed by atoms with Crippen LogP contribution in [0.4, 0.5) is 5.69 Å². The number of benzene rings is 3. The molecule has 0 aliphatic heterocycles. The van der Waals surface area contributed by atoms with E-state index in [1.165, 1.54) is 13.2 Å². The third-order valence-corrected chi connectivity index (χ3v) is 5.07. The quantitative estimate of drug-likeness (QED) is 0.295. The van der Waals surface area contributed by atoms with Crippen LogP contribution < -0.4 is 10.1 Å². The van der Waals surface area contributed by atoms with Gasteiger partial charge in [0.05, 0.1) is 23.2 Å². The summed E-state index contributed by atoms with van der Waals surface area (Å²) in [4.78, 5) is 31.5. The first-order chi connectivity index (χ1) is 16.0. The van der Waals surface area contributed by atoms with Crippen molar-refractivity contribution in [3.63, 3.8) is 0 Å². The van der Waals surface area contributed by atoms with Crippen LogP contribution in [-0.4, -0.2) is 35.6 Å². The second-order valence-electron chi connectivity index (χ2n) is 7.06. The number of amides is 1. The van der Waals surface area contributed by atoms with Crippen molar-refractivity contribution < 1.29 is 19.1 Å². The molecule has 1 amide bonds. The summed E-state index contributed by atoms with van der Waals surface area (Å²) in [7, 11) is 1.31. The molecule has 8 heteroatoms. The average Bonchev–Trinajstić information content (AvgIpc) is 3.27. The number of fused-ring (bicyclic) bond motifs is 1. The van der Waals surface area contributed by atoms with Crippen LogP contribution >= 0.6 is 11.6 Å². The fraction of sp³-hybridized carbons (Fsp3) is 0.0800. The maximum Gasteiger partial charge on any atom is 0.330 e. The molecule has 0 spiro atoms. The molecule has 0 fully saturated rings. The third kappa shape index (κ3) is 5.58. The minimum absolute atomic E-state index is 0.188. The number of halogens is 1. The molecular weight excluding hydrogens is 442 g/mol. The van der Waals surface area contributed by atoms with E-state index < -0.39 is 5.97 Å². The summed E-state index contributed by atoms with van der Waals surface area (Å²) >= 11 is 6.37. The minimum atomic E-state index is -0.453. The van der Waals surface area contributed by atoms with E-state index in [2.05, 4.69) is 20.0 Å². The average molecular weight is 462 g/mol. The lowest BCUT2D eigenvalue weighted by molar-refractivity contribution is -0.134. The molecule has 1 aromatic heterocycles. The second kappa shape index (κ2) is 10.0. The van der Waals surface area contributed by atoms with Crippen LogP contribution in [0.15, 0.2) is 72.8 Å². The molecule has 3 aromatic carbocycles. The largest absolute Gasteiger partial charge is 0.484 e. The number of carbonyl (C=O) groups is 2. The molecule has 4 aromatic rings. The lowest BCUT2D eigenvalue weighted by Crippen LogP contribution is -2.20. The third-order valence-electron chi connectivity index (χ3n) is 4.74. The number of nitrogens with one attached hydrogen (secondary N) is 2. The number of ether oxygens (including phenoxy) is 2. The number of carbonyl (C=O) groups excluding carboxylic acids is 2. The van der Waals surface area contributed by atoms with E-state index in [0.717, 1.165) is 16.6 Å². The Morgan fingerprint density at radius 1 is 1.09 bits per heavy atom. The Balaban J connectivity index is 1.41. The van der Waals surface area contributed by atoms with Gasteiger partial charge in [0.15, 0.2) is 6.61 Å². The van der Waals surface area contributed by atoms with Gasteiger partial charge in [-0.1, -0.05) is 35.9 Å². The molecule has 0 aliphatic carbocycles. The number of hydrogen-bond donors (Lipinski definition) is 2. The molecule has 0 radical (unpaired) electrons. The molecule has 7 nitrogen and oxygen atoms in total. The molecule has 0 unspecified atom stereocenters. The number of aromatic amines is 1. The molecular formula is C25H20ClN3O4. The molecule has 0 bridgehead atoms. The van der Waals surface area contributed by atoms with Crippen LogP contribution in [0.25, 0.3) is 28.5 Å². The number of hydrogen-bond acceptors (Lipinski definition) is 5. The molecule has 0 atom stereocenters. The number of nitrogens with zero attached hydrogens (tertiary/aromatic N) is 1. The lowest BCUT2D eigenvalue weighted by Gasteiger charge is -2.10. The van der Waals surface area contributed by atoms with Crippen LogP contribution in [0.1, 0.15) is 5.56 Å². The summed E-state index contributed by atoms with van der Waals surface area (Å²) in [6.45, 7) is -0.188. The fourth-order valence-corrected chi connectivity index (χ4v) is 3.36. The Kier molecular flexibility index (Phi) is 6.71. The number of rotatable bonds is 7. The van der Waals surface area contributed by atoms with Crippen LogP contribution in [-0.2, 0) is 14.3 Å². The molecule has 2 N–H and O–H groups in total. The van der Waals surface area contributed by atoms with Crippen molar-refractivity contribution in [3.05, 3.63) is 83.4 Å². The summed E-state index contributed by atoms with van der Waals surface area (Å²) in [5, 5.41) is 3.32. The van der Waals surface area contributed by atoms with Crippen LogP contribution in [0.2, 0.25) is 5.02 Å². The molecule has 1 heterocycles. The van der Waals surface area contributed by atoms with Gasteiger partial charge < -0.3 is 19.8 Å². The molecule has 0 saturated heterocycles. The molecule has 4 rings (SSSR count). The maximum absolute atomic E-state index is 12.4. The fourth-order valence-electron chi connectivity index (χ4n) is 3.15. The van der Waals surface area contributed by atoms with Crippen molar-refractivity contribution >= 4 is 46.3 Å². The van der Waals surface area contributed by atoms with Crippen LogP contribution in [0.3, 0.4) is 0 Å². The number of imidazole rings is 1. The van der Waals surface area contributed by atoms with Gasteiger partial charge in [-0.3, -0.25) is 4.79 Å². The van der Waals surface area contributed by atoms with Gasteiger partial charge in [-0.2, -0.15) is 0 Å². The number of methoxy groups -OCH3 is 1. The number of esters is 1. The minimum Gasteiger partial charge on any atom is -0.484 e. The predicted octanol–water partition coefficient (Wildman–Crippen LogP) is 5.09. The SMILES string of the molecule is COC(=O)/C=C/c1cccc(OCC(=O)Nc2ccc(Cl)c(-c3nc4ccccc4[nH]3)c2)c1. The Bertz CT molecular complexity index is 1310. The van der Waals surface area contributed by atoms with Crippen molar-refractivity contribution in [2.75, 3.05) is 19.0 Å². The molecule has 0 saturated carbocycles. The van der Waals surface area contributed by atoms with E-state index in [4.69, 9.17) is 16.3 Å². The first-order valence-electron chi connectivity index (χ1n) is 10.1. The zero-order valence-electron chi connectivity index (χ0n) is 17.7. The van der Waals surface area contributed by atoms with Gasteiger partial charge in [0.1, 0.15) is 11.6 Å². The van der Waals surface area contributed by atoms with Gasteiger partial charge in [-0.05, 0) is 54.1 Å². The summed E-state index contributed by atoms with van der Waals surface area (Å²) in [5.74, 6) is 0.329. The highest BCUT2D eigenvalue weighted by molar-refractivity contribution is 6.33. The second-order valence-corrected chi connectivity index (χ2v) is 7.47. The van der Waals surface area contributed by atoms with Crippen molar-refractivity contribution in [3.8, 4) is 17.1 Å². The highest BCUT2D eigenvalue weighted by atomic mass is 35.5. The van der Waals surface area contributed by atoms with Crippen LogP contribution in [0, 0.1) is 0 Å². The van der Waals surface area contributed by atoms with E-state index in [0.29, 0.717) is 27.8 Å². The zero-order chi connectivity index (χ0) is 23.2. The number of anilines is 1. The maximum atomic E-state index is 12.4. The van der Waals surface area contributed by atoms with Crippen LogP contribution in [0.5, 0.6) is 5.75 Å². The Labute approximate surface area is 195 Å². The first-order valence-corrected chi connectivity index (χ1v) is 10.4. The molecule has 166 valence electrons. The Hall–Kier alpha value is -4.10. The van der Waals surface area contributed by atoms with Crippen molar-refractivity contribution in [1.29, 1.82) is 0 Å². The van der Waals surface area contributed by atoms with Gasteiger partial charge in [0.25, 0.3) is 5.91 Å². The van der Waals surface area contributed by atoms with E-state index in [1.54, 1.807) is 48.5 Å². The lowest BCUT2D eigenvalue weighted by atomic mass is 10.2. The van der Waals surface area contributed by atoms with Gasteiger partial charge in [-0.25, -0.2) is 9.78 Å². The highest BCUT2D eigenvalue weighted by Gasteiger charge is 2.12. The summed E-state index contributed by atoms with van der Waals surface area (Å²) in [6.07, 6.45) is 2.91. The van der Waals surface area contributed by atoms with E-state index in [-0.39, 0.29) is 12.5 Å². The smallest absolute Gasteiger partial charge is 0.330 e. The van der Waals surface area contributed by atoms with E-state index >= 15 is 0 Å². The number of H-pyrrole nitrogens is 1. The summed E-state index contributed by atoms with van der Waals surface area (Å²) in [6, 6.07) is 19.9. The number of aromatic nitrogens is 2. The summed E-state index contributed by atoms with van der Waals surface area (Å²) < 4.78 is 10.2. The van der Waals surface area contributed by atoms with Crippen molar-refractivity contribution in [1.82, 2.24) is 9.97 Å². The van der Waals surface area contributed by atoms with E-state index in [9.17, 15) is 9.59 Å². The predicted molar refractivity (Wildman–Crippen MR) is 128 cm³/mol. The number of para-hydroxylation sites is 2. The van der Waals surface area contributed by atoms with Crippen molar-refractivity contribution in [2.45, 2.75) is 0 Å². The van der Waals surface area contributed by atoms with E-state index in [1.807, 2.05) is 24.3 Å². The van der Waals surface area contributed by atoms with Gasteiger partial charge in [0.2, 0.25) is 0 Å². The topological polar surface area (TPSA) is 93.3 Å². The molecule has 33 heavy (non-hydrogen) atoms. The first kappa shape index (κ1) is 22.1. The molecule has 0 aliphatic rings. The Morgan fingerprint density at radius 2 is 1.94 bits per heavy atom. The Morgan fingerprint density at radius 3 is 2.76 bits per heavy atom. The standard InChI is InChI=1S/C25H20ClN3O4/c1-32-24(31)12-9-16-5-4-6-18(13-16)33-15-23(30)27-17-10-11-20(26)19(14-17)25-28-21-7-2-3-8-22(21)29-25/h2-14H,15H2,1H3,(H,27,30)(H,28,29)/b12-9+. The zero-order valence-corrected chi connectivity index (χ0v) is 18.4. The van der Waals surface area contributed by atoms with Gasteiger partial charge in [0, 0.05) is 17.3 Å².